The molecule has 0 fully saturated rings. The summed E-state index contributed by atoms with van der Waals surface area (Å²) < 4.78 is 6.22. The number of anilines is 2. The lowest BCUT2D eigenvalue weighted by atomic mass is 10.2. The van der Waals surface area contributed by atoms with Gasteiger partial charge in [0.2, 0.25) is 0 Å². The molecule has 0 spiro atoms. The molecule has 3 nitrogen and oxygen atoms in total. The molecule has 1 rings (SSSR count). The van der Waals surface area contributed by atoms with Crippen LogP contribution in [-0.2, 0) is 4.74 Å². The molecule has 1 aromatic carbocycles. The Labute approximate surface area is 112 Å². The van der Waals surface area contributed by atoms with E-state index in [0.29, 0.717) is 5.92 Å². The molecule has 0 saturated carbocycles. The Morgan fingerprint density at radius 2 is 2.12 bits per heavy atom. The van der Waals surface area contributed by atoms with Crippen LogP contribution >= 0.6 is 15.9 Å². The molecule has 0 aliphatic heterocycles. The molecule has 0 aliphatic carbocycles. The number of nitrogens with zero attached hydrogens (tertiary/aromatic N) is 1. The Balaban J connectivity index is 2.71. The van der Waals surface area contributed by atoms with Crippen LogP contribution in [0.1, 0.15) is 6.92 Å². The molecular formula is C13H21BrN2O. The fourth-order valence-corrected chi connectivity index (χ4v) is 2.03. The molecule has 0 heterocycles. The van der Waals surface area contributed by atoms with E-state index in [2.05, 4.69) is 51.3 Å². The van der Waals surface area contributed by atoms with Gasteiger partial charge < -0.3 is 15.0 Å². The topological polar surface area (TPSA) is 24.5 Å². The van der Waals surface area contributed by atoms with Crippen LogP contribution in [0.5, 0.6) is 0 Å². The van der Waals surface area contributed by atoms with Gasteiger partial charge in [-0.2, -0.15) is 0 Å². The average molecular weight is 301 g/mol. The smallest absolute Gasteiger partial charge is 0.0597 e. The van der Waals surface area contributed by atoms with E-state index in [0.717, 1.165) is 23.3 Å². The summed E-state index contributed by atoms with van der Waals surface area (Å²) in [5, 5.41) is 3.47. The lowest BCUT2D eigenvalue weighted by molar-refractivity contribution is 0.164. The van der Waals surface area contributed by atoms with Crippen molar-refractivity contribution >= 4 is 27.3 Å². The van der Waals surface area contributed by atoms with Crippen molar-refractivity contribution in [2.24, 2.45) is 5.92 Å². The quantitative estimate of drug-likeness (QED) is 0.873. The second-order valence-corrected chi connectivity index (χ2v) is 5.41. The summed E-state index contributed by atoms with van der Waals surface area (Å²) in [4.78, 5) is 2.11. The van der Waals surface area contributed by atoms with Gasteiger partial charge in [-0.1, -0.05) is 22.9 Å². The predicted octanol–water partition coefficient (Wildman–Crippen LogP) is 3.21. The van der Waals surface area contributed by atoms with Gasteiger partial charge in [0.15, 0.2) is 0 Å². The van der Waals surface area contributed by atoms with Gasteiger partial charge in [0.1, 0.15) is 0 Å². The summed E-state index contributed by atoms with van der Waals surface area (Å²) in [5.74, 6) is 0.494. The number of benzene rings is 1. The fourth-order valence-electron chi connectivity index (χ4n) is 1.67. The number of nitrogens with one attached hydrogen (secondary N) is 1. The second-order valence-electron chi connectivity index (χ2n) is 4.50. The highest BCUT2D eigenvalue weighted by Crippen LogP contribution is 2.28. The van der Waals surface area contributed by atoms with Crippen LogP contribution in [0.2, 0.25) is 0 Å². The maximum atomic E-state index is 5.13. The summed E-state index contributed by atoms with van der Waals surface area (Å²) in [6.45, 7) is 3.85. The Morgan fingerprint density at radius 3 is 2.71 bits per heavy atom. The summed E-state index contributed by atoms with van der Waals surface area (Å²) in [6.07, 6.45) is 0. The van der Waals surface area contributed by atoms with Crippen molar-refractivity contribution < 1.29 is 4.74 Å². The van der Waals surface area contributed by atoms with Crippen LogP contribution in [0.25, 0.3) is 0 Å². The summed E-state index contributed by atoms with van der Waals surface area (Å²) >= 11 is 3.50. The number of hydrogen-bond donors (Lipinski definition) is 1. The molecule has 0 aromatic heterocycles. The molecule has 0 bridgehead atoms. The van der Waals surface area contributed by atoms with Crippen molar-refractivity contribution in [1.82, 2.24) is 0 Å². The van der Waals surface area contributed by atoms with Gasteiger partial charge in [0.05, 0.1) is 18.0 Å². The van der Waals surface area contributed by atoms with Gasteiger partial charge in [0.25, 0.3) is 0 Å². The maximum absolute atomic E-state index is 5.13. The van der Waals surface area contributed by atoms with Crippen LogP contribution in [0.4, 0.5) is 11.4 Å². The van der Waals surface area contributed by atoms with Gasteiger partial charge >= 0.3 is 0 Å². The molecule has 1 unspecified atom stereocenters. The molecule has 4 heteroatoms. The summed E-state index contributed by atoms with van der Waals surface area (Å²) in [7, 11) is 5.83. The molecule has 0 radical (unpaired) electrons. The van der Waals surface area contributed by atoms with Gasteiger partial charge in [-0.05, 0) is 24.1 Å². The maximum Gasteiger partial charge on any atom is 0.0597 e. The lowest BCUT2D eigenvalue weighted by Gasteiger charge is -2.20. The molecule has 0 aliphatic rings. The molecule has 1 atom stereocenters. The van der Waals surface area contributed by atoms with Crippen molar-refractivity contribution in [1.29, 1.82) is 0 Å². The number of methoxy groups -OCH3 is 1. The van der Waals surface area contributed by atoms with Crippen molar-refractivity contribution in [3.8, 4) is 0 Å². The second kappa shape index (κ2) is 6.87. The van der Waals surface area contributed by atoms with Crippen LogP contribution in [0, 0.1) is 5.92 Å². The molecule has 1 aromatic rings. The number of halogens is 1. The largest absolute Gasteiger partial charge is 0.384 e. The fraction of sp³-hybridized carbons (Fsp3) is 0.538. The highest BCUT2D eigenvalue weighted by Gasteiger charge is 2.07. The standard InChI is InChI=1S/C13H21BrN2O/c1-10(9-17-4)8-15-12-7-11(14)5-6-13(12)16(2)3/h5-7,10,15H,8-9H2,1-4H3. The Morgan fingerprint density at radius 1 is 1.41 bits per heavy atom. The third-order valence-electron chi connectivity index (χ3n) is 2.53. The Kier molecular flexibility index (Phi) is 5.78. The molecule has 17 heavy (non-hydrogen) atoms. The van der Waals surface area contributed by atoms with Gasteiger partial charge in [-0.3, -0.25) is 0 Å². The van der Waals surface area contributed by atoms with E-state index in [1.165, 1.54) is 5.69 Å². The molecule has 0 saturated heterocycles. The normalized spacial score (nSPS) is 12.3. The Hall–Kier alpha value is -0.740. The monoisotopic (exact) mass is 300 g/mol. The van der Waals surface area contributed by atoms with Crippen LogP contribution in [-0.4, -0.2) is 34.4 Å². The highest BCUT2D eigenvalue weighted by molar-refractivity contribution is 9.10. The van der Waals surface area contributed by atoms with E-state index in [-0.39, 0.29) is 0 Å². The highest BCUT2D eigenvalue weighted by atomic mass is 79.9. The van der Waals surface area contributed by atoms with Gasteiger partial charge in [-0.25, -0.2) is 0 Å². The van der Waals surface area contributed by atoms with Crippen molar-refractivity contribution in [2.45, 2.75) is 6.92 Å². The van der Waals surface area contributed by atoms with Crippen LogP contribution < -0.4 is 10.2 Å². The number of rotatable bonds is 6. The van der Waals surface area contributed by atoms with Crippen LogP contribution in [0.3, 0.4) is 0 Å². The first-order valence-electron chi connectivity index (χ1n) is 5.74. The average Bonchev–Trinajstić information content (AvgIpc) is 2.26. The minimum absolute atomic E-state index is 0.494. The van der Waals surface area contributed by atoms with E-state index in [1.807, 2.05) is 14.1 Å². The van der Waals surface area contributed by atoms with Crippen molar-refractivity contribution in [3.63, 3.8) is 0 Å². The van der Waals surface area contributed by atoms with Crippen LogP contribution in [0.15, 0.2) is 22.7 Å². The van der Waals surface area contributed by atoms with E-state index in [9.17, 15) is 0 Å². The minimum Gasteiger partial charge on any atom is -0.384 e. The predicted molar refractivity (Wildman–Crippen MR) is 78.0 cm³/mol. The molecular weight excluding hydrogens is 280 g/mol. The van der Waals surface area contributed by atoms with E-state index >= 15 is 0 Å². The zero-order valence-corrected chi connectivity index (χ0v) is 12.5. The van der Waals surface area contributed by atoms with Gasteiger partial charge in [0, 0.05) is 32.2 Å². The molecule has 0 amide bonds. The first-order chi connectivity index (χ1) is 8.04. The van der Waals surface area contributed by atoms with Crippen molar-refractivity contribution in [3.05, 3.63) is 22.7 Å². The summed E-state index contributed by atoms with van der Waals surface area (Å²) in [5.41, 5.74) is 2.34. The first kappa shape index (κ1) is 14.3. The zero-order valence-electron chi connectivity index (χ0n) is 11.0. The lowest BCUT2D eigenvalue weighted by Crippen LogP contribution is -2.18. The Bertz CT molecular complexity index is 355. The number of hydrogen-bond acceptors (Lipinski definition) is 3. The molecule has 96 valence electrons. The first-order valence-corrected chi connectivity index (χ1v) is 6.53. The number of ether oxygens (including phenoxy) is 1. The minimum atomic E-state index is 0.494. The molecule has 1 N–H and O–H groups in total. The van der Waals surface area contributed by atoms with E-state index in [1.54, 1.807) is 7.11 Å². The summed E-state index contributed by atoms with van der Waals surface area (Å²) in [6, 6.07) is 6.27. The third-order valence-corrected chi connectivity index (χ3v) is 3.03. The van der Waals surface area contributed by atoms with E-state index < -0.39 is 0 Å². The van der Waals surface area contributed by atoms with Crippen molar-refractivity contribution in [2.75, 3.05) is 44.6 Å². The third kappa shape index (κ3) is 4.56. The van der Waals surface area contributed by atoms with E-state index in [4.69, 9.17) is 4.74 Å². The SMILES string of the molecule is COCC(C)CNc1cc(Br)ccc1N(C)C. The zero-order chi connectivity index (χ0) is 12.8. The van der Waals surface area contributed by atoms with Gasteiger partial charge in [-0.15, -0.1) is 0 Å².